The maximum Gasteiger partial charge on any atom is 0.328 e. The number of hydrogen-bond donors (Lipinski definition) is 1. The molecule has 0 aromatic heterocycles. The van der Waals surface area contributed by atoms with Crippen molar-refractivity contribution in [2.45, 2.75) is 0 Å². The minimum atomic E-state index is -1.23. The number of hydrogen-bond acceptors (Lipinski definition) is 4. The SMILES string of the molecule is O=C(O)/C=C\C(=O)c1ccc([N+](=O)[O-])cc1. The molecule has 0 amide bonds. The number of carbonyl (C=O) groups is 2. The summed E-state index contributed by atoms with van der Waals surface area (Å²) in [7, 11) is 0. The van der Waals surface area contributed by atoms with E-state index in [1.54, 1.807) is 0 Å². The van der Waals surface area contributed by atoms with Gasteiger partial charge in [0.25, 0.3) is 5.69 Å². The van der Waals surface area contributed by atoms with Crippen molar-refractivity contribution in [3.05, 3.63) is 52.1 Å². The summed E-state index contributed by atoms with van der Waals surface area (Å²) in [4.78, 5) is 31.2. The number of rotatable bonds is 4. The summed E-state index contributed by atoms with van der Waals surface area (Å²) >= 11 is 0. The summed E-state index contributed by atoms with van der Waals surface area (Å²) in [5.74, 6) is -1.74. The zero-order valence-electron chi connectivity index (χ0n) is 7.99. The van der Waals surface area contributed by atoms with E-state index in [1.807, 2.05) is 0 Å². The topological polar surface area (TPSA) is 97.5 Å². The van der Waals surface area contributed by atoms with Crippen LogP contribution in [0.4, 0.5) is 5.69 Å². The number of benzene rings is 1. The van der Waals surface area contributed by atoms with Crippen LogP contribution in [0, 0.1) is 10.1 Å². The monoisotopic (exact) mass is 221 g/mol. The molecule has 1 N–H and O–H groups in total. The van der Waals surface area contributed by atoms with Crippen LogP contribution < -0.4 is 0 Å². The van der Waals surface area contributed by atoms with E-state index in [2.05, 4.69) is 0 Å². The Kier molecular flexibility index (Phi) is 3.49. The average Bonchev–Trinajstić information content (AvgIpc) is 2.26. The molecule has 16 heavy (non-hydrogen) atoms. The highest BCUT2D eigenvalue weighted by Crippen LogP contribution is 2.12. The van der Waals surface area contributed by atoms with Gasteiger partial charge in [0.05, 0.1) is 4.92 Å². The Morgan fingerprint density at radius 2 is 1.75 bits per heavy atom. The Morgan fingerprint density at radius 1 is 1.19 bits per heavy atom. The molecular formula is C10H7NO5. The van der Waals surface area contributed by atoms with E-state index in [0.717, 1.165) is 6.08 Å². The van der Waals surface area contributed by atoms with E-state index in [-0.39, 0.29) is 11.3 Å². The van der Waals surface area contributed by atoms with Crippen LogP contribution in [0.5, 0.6) is 0 Å². The van der Waals surface area contributed by atoms with Crippen LogP contribution in [0.15, 0.2) is 36.4 Å². The molecule has 0 saturated carbocycles. The molecule has 0 aliphatic heterocycles. The van der Waals surface area contributed by atoms with Gasteiger partial charge >= 0.3 is 5.97 Å². The molecule has 1 aromatic rings. The smallest absolute Gasteiger partial charge is 0.328 e. The second-order valence-corrected chi connectivity index (χ2v) is 2.84. The molecule has 0 fully saturated rings. The van der Waals surface area contributed by atoms with Crippen molar-refractivity contribution >= 4 is 17.4 Å². The Balaban J connectivity index is 2.86. The summed E-state index contributed by atoms with van der Waals surface area (Å²) in [6, 6.07) is 4.91. The molecule has 0 atom stereocenters. The fourth-order valence-corrected chi connectivity index (χ4v) is 0.991. The standard InChI is InChI=1S/C10H7NO5/c12-9(5-6-10(13)14)7-1-3-8(4-2-7)11(15)16/h1-6H,(H,13,14)/b6-5-. The quantitative estimate of drug-likeness (QED) is 0.359. The molecule has 0 heterocycles. The first-order chi connectivity index (χ1) is 7.50. The molecular weight excluding hydrogens is 214 g/mol. The lowest BCUT2D eigenvalue weighted by Gasteiger charge is -1.94. The first-order valence-electron chi connectivity index (χ1n) is 4.20. The second kappa shape index (κ2) is 4.83. The summed E-state index contributed by atoms with van der Waals surface area (Å²) < 4.78 is 0. The molecule has 0 aliphatic rings. The van der Waals surface area contributed by atoms with Crippen LogP contribution in [0.2, 0.25) is 0 Å². The maximum absolute atomic E-state index is 11.3. The van der Waals surface area contributed by atoms with Crippen LogP contribution in [-0.4, -0.2) is 21.8 Å². The Bertz CT molecular complexity index is 461. The number of carboxylic acid groups (broad SMARTS) is 1. The van der Waals surface area contributed by atoms with Gasteiger partial charge in [0, 0.05) is 23.8 Å². The number of ketones is 1. The highest BCUT2D eigenvalue weighted by Gasteiger charge is 2.07. The summed E-state index contributed by atoms with van der Waals surface area (Å²) in [5, 5.41) is 18.6. The van der Waals surface area contributed by atoms with Gasteiger partial charge in [0.2, 0.25) is 0 Å². The third-order valence-electron chi connectivity index (χ3n) is 1.74. The number of allylic oxidation sites excluding steroid dienone is 1. The van der Waals surface area contributed by atoms with Gasteiger partial charge in [-0.05, 0) is 18.2 Å². The van der Waals surface area contributed by atoms with Gasteiger partial charge in [0.1, 0.15) is 0 Å². The van der Waals surface area contributed by atoms with Gasteiger partial charge in [-0.1, -0.05) is 0 Å². The van der Waals surface area contributed by atoms with Crippen molar-refractivity contribution in [2.24, 2.45) is 0 Å². The lowest BCUT2D eigenvalue weighted by atomic mass is 10.1. The molecule has 1 aromatic carbocycles. The summed E-state index contributed by atoms with van der Waals surface area (Å²) in [5.41, 5.74) is 0.0712. The van der Waals surface area contributed by atoms with E-state index in [4.69, 9.17) is 5.11 Å². The lowest BCUT2D eigenvalue weighted by Crippen LogP contribution is -1.97. The molecule has 0 aliphatic carbocycles. The molecule has 82 valence electrons. The fraction of sp³-hybridized carbons (Fsp3) is 0. The molecule has 0 radical (unpaired) electrons. The number of nitrogens with zero attached hydrogens (tertiary/aromatic N) is 1. The predicted octanol–water partition coefficient (Wildman–Crippen LogP) is 1.42. The Hall–Kier alpha value is -2.50. The number of carbonyl (C=O) groups excluding carboxylic acids is 1. The van der Waals surface area contributed by atoms with Crippen molar-refractivity contribution in [1.82, 2.24) is 0 Å². The Labute approximate surface area is 90.0 Å². The Morgan fingerprint density at radius 3 is 2.19 bits per heavy atom. The van der Waals surface area contributed by atoms with Crippen molar-refractivity contribution in [1.29, 1.82) is 0 Å². The van der Waals surface area contributed by atoms with Crippen LogP contribution in [0.1, 0.15) is 10.4 Å². The maximum atomic E-state index is 11.3. The third kappa shape index (κ3) is 3.02. The van der Waals surface area contributed by atoms with Crippen LogP contribution in [-0.2, 0) is 4.79 Å². The molecule has 1 rings (SSSR count). The van der Waals surface area contributed by atoms with Crippen molar-refractivity contribution in [2.75, 3.05) is 0 Å². The molecule has 0 unspecified atom stereocenters. The average molecular weight is 221 g/mol. The van der Waals surface area contributed by atoms with Crippen molar-refractivity contribution in [3.63, 3.8) is 0 Å². The summed E-state index contributed by atoms with van der Waals surface area (Å²) in [6.45, 7) is 0. The van der Waals surface area contributed by atoms with Gasteiger partial charge in [-0.25, -0.2) is 4.79 Å². The molecule has 6 nitrogen and oxygen atoms in total. The third-order valence-corrected chi connectivity index (χ3v) is 1.74. The molecule has 0 bridgehead atoms. The highest BCUT2D eigenvalue weighted by atomic mass is 16.6. The summed E-state index contributed by atoms with van der Waals surface area (Å²) in [6.07, 6.45) is 1.60. The number of non-ortho nitro benzene ring substituents is 1. The van der Waals surface area contributed by atoms with Gasteiger partial charge in [-0.15, -0.1) is 0 Å². The predicted molar refractivity (Wildman–Crippen MR) is 54.2 cm³/mol. The minimum Gasteiger partial charge on any atom is -0.478 e. The molecule has 0 saturated heterocycles. The van der Waals surface area contributed by atoms with E-state index in [9.17, 15) is 19.7 Å². The normalized spacial score (nSPS) is 10.2. The van der Waals surface area contributed by atoms with E-state index >= 15 is 0 Å². The largest absolute Gasteiger partial charge is 0.478 e. The van der Waals surface area contributed by atoms with Crippen molar-refractivity contribution < 1.29 is 19.6 Å². The second-order valence-electron chi connectivity index (χ2n) is 2.84. The first kappa shape index (κ1) is 11.6. The zero-order valence-corrected chi connectivity index (χ0v) is 7.99. The first-order valence-corrected chi connectivity index (χ1v) is 4.20. The minimum absolute atomic E-state index is 0.126. The van der Waals surface area contributed by atoms with Crippen molar-refractivity contribution in [3.8, 4) is 0 Å². The number of nitro benzene ring substituents is 1. The van der Waals surface area contributed by atoms with Gasteiger partial charge in [0.15, 0.2) is 5.78 Å². The van der Waals surface area contributed by atoms with Crippen LogP contribution >= 0.6 is 0 Å². The van der Waals surface area contributed by atoms with E-state index < -0.39 is 16.7 Å². The van der Waals surface area contributed by atoms with Gasteiger partial charge in [-0.2, -0.15) is 0 Å². The zero-order chi connectivity index (χ0) is 12.1. The highest BCUT2D eigenvalue weighted by molar-refractivity contribution is 6.06. The molecule has 0 spiro atoms. The van der Waals surface area contributed by atoms with E-state index in [0.29, 0.717) is 6.08 Å². The van der Waals surface area contributed by atoms with Crippen LogP contribution in [0.25, 0.3) is 0 Å². The number of carboxylic acids is 1. The van der Waals surface area contributed by atoms with E-state index in [1.165, 1.54) is 24.3 Å². The fourth-order valence-electron chi connectivity index (χ4n) is 0.991. The van der Waals surface area contributed by atoms with Gasteiger partial charge in [-0.3, -0.25) is 14.9 Å². The molecule has 6 heteroatoms. The lowest BCUT2D eigenvalue weighted by molar-refractivity contribution is -0.384. The number of aliphatic carboxylic acids is 1. The van der Waals surface area contributed by atoms with Crippen LogP contribution in [0.3, 0.4) is 0 Å². The number of nitro groups is 1. The van der Waals surface area contributed by atoms with Gasteiger partial charge < -0.3 is 5.11 Å².